The van der Waals surface area contributed by atoms with Gasteiger partial charge in [0.2, 0.25) is 5.78 Å². The largest absolute Gasteiger partial charge is 0.337 e. The second-order valence-electron chi connectivity index (χ2n) is 5.65. The summed E-state index contributed by atoms with van der Waals surface area (Å²) >= 11 is 0. The van der Waals surface area contributed by atoms with Crippen molar-refractivity contribution in [1.82, 2.24) is 14.5 Å². The number of rotatable bonds is 5. The van der Waals surface area contributed by atoms with Crippen LogP contribution in [0, 0.1) is 0 Å². The van der Waals surface area contributed by atoms with Crippen LogP contribution in [-0.4, -0.2) is 38.7 Å². The zero-order valence-electron chi connectivity index (χ0n) is 12.6. The number of ketones is 1. The van der Waals surface area contributed by atoms with E-state index in [9.17, 15) is 9.59 Å². The summed E-state index contributed by atoms with van der Waals surface area (Å²) in [5.74, 6) is -0.990. The van der Waals surface area contributed by atoms with Gasteiger partial charge >= 0.3 is 0 Å². The van der Waals surface area contributed by atoms with Crippen LogP contribution >= 0.6 is 0 Å². The third kappa shape index (κ3) is 2.66. The summed E-state index contributed by atoms with van der Waals surface area (Å²) in [7, 11) is 0. The number of aryl methyl sites for hydroxylation is 1. The molecule has 3 rings (SSSR count). The molecule has 2 unspecified atom stereocenters. The molecule has 1 aliphatic rings. The fraction of sp³-hybridized carbons (Fsp3) is 0.353. The number of benzene rings is 1. The van der Waals surface area contributed by atoms with Crippen molar-refractivity contribution in [2.45, 2.75) is 31.8 Å². The lowest BCUT2D eigenvalue weighted by molar-refractivity contribution is -0.140. The lowest BCUT2D eigenvalue weighted by Crippen LogP contribution is -2.34. The van der Waals surface area contributed by atoms with Crippen LogP contribution in [0.5, 0.6) is 0 Å². The van der Waals surface area contributed by atoms with Crippen LogP contribution in [0.15, 0.2) is 49.1 Å². The summed E-state index contributed by atoms with van der Waals surface area (Å²) in [6.07, 6.45) is 6.19. The van der Waals surface area contributed by atoms with Gasteiger partial charge in [0.05, 0.1) is 12.2 Å². The standard InChI is InChI=1S/C17H19N3O2/c1-13-15(14-6-3-2-4-7-14)16(21)17(22)20(13)10-5-9-19-11-8-18-12-19/h2-4,6-8,11-13,15H,5,9-10H2,1H3. The van der Waals surface area contributed by atoms with Gasteiger partial charge in [-0.1, -0.05) is 30.3 Å². The monoisotopic (exact) mass is 297 g/mol. The number of amides is 1. The van der Waals surface area contributed by atoms with Crippen LogP contribution in [0.1, 0.15) is 24.8 Å². The molecule has 114 valence electrons. The van der Waals surface area contributed by atoms with Gasteiger partial charge in [0.25, 0.3) is 5.91 Å². The number of Topliss-reactive ketones (excluding diaryl/α,β-unsaturated/α-hetero) is 1. The smallest absolute Gasteiger partial charge is 0.290 e. The van der Waals surface area contributed by atoms with Crippen molar-refractivity contribution in [3.8, 4) is 0 Å². The molecule has 2 atom stereocenters. The molecule has 1 aliphatic heterocycles. The van der Waals surface area contributed by atoms with Gasteiger partial charge in [-0.2, -0.15) is 0 Å². The lowest BCUT2D eigenvalue weighted by Gasteiger charge is -2.23. The van der Waals surface area contributed by atoms with E-state index in [1.54, 1.807) is 17.4 Å². The molecule has 0 N–H and O–H groups in total. The SMILES string of the molecule is CC1C(c2ccccc2)C(=O)C(=O)N1CCCn1ccnc1. The van der Waals surface area contributed by atoms with Crippen LogP contribution < -0.4 is 0 Å². The Kier molecular flexibility index (Phi) is 4.04. The van der Waals surface area contributed by atoms with E-state index in [2.05, 4.69) is 4.98 Å². The number of imidazole rings is 1. The first kappa shape index (κ1) is 14.5. The van der Waals surface area contributed by atoms with Crippen molar-refractivity contribution in [3.63, 3.8) is 0 Å². The van der Waals surface area contributed by atoms with Gasteiger partial charge in [0, 0.05) is 31.5 Å². The maximum atomic E-state index is 12.3. The summed E-state index contributed by atoms with van der Waals surface area (Å²) in [4.78, 5) is 30.3. The molecule has 0 radical (unpaired) electrons. The van der Waals surface area contributed by atoms with Crippen LogP contribution in [0.2, 0.25) is 0 Å². The molecule has 1 amide bonds. The van der Waals surface area contributed by atoms with Gasteiger partial charge in [-0.25, -0.2) is 4.98 Å². The quantitative estimate of drug-likeness (QED) is 0.792. The van der Waals surface area contributed by atoms with Crippen LogP contribution in [0.4, 0.5) is 0 Å². The Morgan fingerprint density at radius 2 is 1.91 bits per heavy atom. The van der Waals surface area contributed by atoms with E-state index in [4.69, 9.17) is 0 Å². The molecule has 0 saturated carbocycles. The second kappa shape index (κ2) is 6.13. The van der Waals surface area contributed by atoms with Crippen molar-refractivity contribution in [3.05, 3.63) is 54.6 Å². The van der Waals surface area contributed by atoms with Crippen molar-refractivity contribution in [1.29, 1.82) is 0 Å². The lowest BCUT2D eigenvalue weighted by atomic mass is 9.92. The molecule has 1 aromatic carbocycles. The number of likely N-dealkylation sites (tertiary alicyclic amines) is 1. The Morgan fingerprint density at radius 1 is 1.14 bits per heavy atom. The molecule has 1 fully saturated rings. The predicted octanol–water partition coefficient (Wildman–Crippen LogP) is 1.86. The summed E-state index contributed by atoms with van der Waals surface area (Å²) in [5, 5.41) is 0. The zero-order valence-corrected chi connectivity index (χ0v) is 12.6. The number of carbonyl (C=O) groups excluding carboxylic acids is 2. The Labute approximate surface area is 129 Å². The molecular formula is C17H19N3O2. The van der Waals surface area contributed by atoms with Gasteiger partial charge in [0.15, 0.2) is 0 Å². The number of hydrogen-bond donors (Lipinski definition) is 0. The van der Waals surface area contributed by atoms with Gasteiger partial charge < -0.3 is 9.47 Å². The first-order valence-electron chi connectivity index (χ1n) is 7.54. The van der Waals surface area contributed by atoms with E-state index in [1.165, 1.54) is 0 Å². The molecule has 0 bridgehead atoms. The summed E-state index contributed by atoms with van der Waals surface area (Å²) in [6.45, 7) is 3.34. The van der Waals surface area contributed by atoms with Crippen LogP contribution in [-0.2, 0) is 16.1 Å². The Morgan fingerprint density at radius 3 is 2.59 bits per heavy atom. The van der Waals surface area contributed by atoms with Crippen LogP contribution in [0.25, 0.3) is 0 Å². The van der Waals surface area contributed by atoms with Gasteiger partial charge in [-0.05, 0) is 18.9 Å². The molecule has 2 aromatic rings. The maximum absolute atomic E-state index is 12.3. The molecule has 5 heteroatoms. The fourth-order valence-corrected chi connectivity index (χ4v) is 3.10. The number of carbonyl (C=O) groups is 2. The number of nitrogens with zero attached hydrogens (tertiary/aromatic N) is 3. The molecule has 2 heterocycles. The van der Waals surface area contributed by atoms with Gasteiger partial charge in [0.1, 0.15) is 0 Å². The molecule has 1 aromatic heterocycles. The van der Waals surface area contributed by atoms with Crippen molar-refractivity contribution in [2.75, 3.05) is 6.54 Å². The topological polar surface area (TPSA) is 55.2 Å². The van der Waals surface area contributed by atoms with Gasteiger partial charge in [-0.15, -0.1) is 0 Å². The third-order valence-corrected chi connectivity index (χ3v) is 4.26. The van der Waals surface area contributed by atoms with E-state index in [-0.39, 0.29) is 23.7 Å². The highest BCUT2D eigenvalue weighted by molar-refractivity contribution is 6.40. The molecule has 1 saturated heterocycles. The summed E-state index contributed by atoms with van der Waals surface area (Å²) < 4.78 is 1.97. The van der Waals surface area contributed by atoms with Crippen molar-refractivity contribution >= 4 is 11.7 Å². The minimum absolute atomic E-state index is 0.0924. The minimum Gasteiger partial charge on any atom is -0.337 e. The predicted molar refractivity (Wildman–Crippen MR) is 82.2 cm³/mol. The maximum Gasteiger partial charge on any atom is 0.290 e. The summed E-state index contributed by atoms with van der Waals surface area (Å²) in [6, 6.07) is 9.47. The van der Waals surface area contributed by atoms with E-state index in [0.29, 0.717) is 6.54 Å². The first-order valence-corrected chi connectivity index (χ1v) is 7.54. The van der Waals surface area contributed by atoms with Crippen LogP contribution in [0.3, 0.4) is 0 Å². The van der Waals surface area contributed by atoms with Crippen molar-refractivity contribution in [2.24, 2.45) is 0 Å². The normalized spacial score (nSPS) is 21.6. The summed E-state index contributed by atoms with van der Waals surface area (Å²) in [5.41, 5.74) is 0.922. The highest BCUT2D eigenvalue weighted by Crippen LogP contribution is 2.31. The van der Waals surface area contributed by atoms with Crippen molar-refractivity contribution < 1.29 is 9.59 Å². The molecular weight excluding hydrogens is 278 g/mol. The average molecular weight is 297 g/mol. The first-order chi connectivity index (χ1) is 10.7. The van der Waals surface area contributed by atoms with E-state index in [0.717, 1.165) is 18.5 Å². The van der Waals surface area contributed by atoms with E-state index in [1.807, 2.05) is 48.0 Å². The highest BCUT2D eigenvalue weighted by Gasteiger charge is 2.45. The Balaban J connectivity index is 1.68. The zero-order chi connectivity index (χ0) is 15.5. The average Bonchev–Trinajstić information content (AvgIpc) is 3.11. The highest BCUT2D eigenvalue weighted by atomic mass is 16.2. The second-order valence-corrected chi connectivity index (χ2v) is 5.65. The Bertz CT molecular complexity index is 652. The molecule has 22 heavy (non-hydrogen) atoms. The van der Waals surface area contributed by atoms with E-state index < -0.39 is 0 Å². The number of hydrogen-bond acceptors (Lipinski definition) is 3. The minimum atomic E-state index is -0.355. The molecule has 5 nitrogen and oxygen atoms in total. The van der Waals surface area contributed by atoms with Gasteiger partial charge in [-0.3, -0.25) is 9.59 Å². The molecule has 0 aliphatic carbocycles. The van der Waals surface area contributed by atoms with E-state index >= 15 is 0 Å². The Hall–Kier alpha value is -2.43. The number of aromatic nitrogens is 2. The third-order valence-electron chi connectivity index (χ3n) is 4.26. The fourth-order valence-electron chi connectivity index (χ4n) is 3.10. The molecule has 0 spiro atoms.